The Morgan fingerprint density at radius 1 is 0.909 bits per heavy atom. The number of ether oxygens (including phenoxy) is 1. The van der Waals surface area contributed by atoms with Crippen LogP contribution in [0.4, 0.5) is 10.5 Å². The van der Waals surface area contributed by atoms with E-state index in [1.807, 2.05) is 53.7 Å². The molecule has 2 amide bonds. The molecule has 0 aliphatic heterocycles. The molecule has 1 aromatic carbocycles. The van der Waals surface area contributed by atoms with E-state index in [1.54, 1.807) is 12.1 Å². The van der Waals surface area contributed by atoms with Crippen LogP contribution < -0.4 is 10.6 Å². The highest BCUT2D eigenvalue weighted by Crippen LogP contribution is 2.31. The first-order chi connectivity index (χ1) is 15.4. The average Bonchev–Trinajstić information content (AvgIpc) is 2.73. The van der Waals surface area contributed by atoms with Gasteiger partial charge in [0.1, 0.15) is 5.60 Å². The molecule has 1 aliphatic rings. The van der Waals surface area contributed by atoms with Crippen LogP contribution >= 0.6 is 0 Å². The summed E-state index contributed by atoms with van der Waals surface area (Å²) in [6.45, 7) is 11.1. The first-order valence-corrected chi connectivity index (χ1v) is 11.4. The minimum absolute atomic E-state index is 0.0544. The first-order valence-electron chi connectivity index (χ1n) is 11.4. The highest BCUT2D eigenvalue weighted by Gasteiger charge is 2.32. The number of hydrogen-bond acceptors (Lipinski definition) is 7. The zero-order valence-electron chi connectivity index (χ0n) is 20.3. The van der Waals surface area contributed by atoms with Crippen LogP contribution in [0.15, 0.2) is 24.3 Å². The Kier molecular flexibility index (Phi) is 7.29. The molecule has 1 saturated carbocycles. The molecule has 1 aromatic heterocycles. The number of hydrogen-bond donors (Lipinski definition) is 2. The van der Waals surface area contributed by atoms with Crippen LogP contribution in [0.1, 0.15) is 79.0 Å². The number of amides is 2. The molecule has 1 heterocycles. The van der Waals surface area contributed by atoms with Gasteiger partial charge in [-0.1, -0.05) is 33.6 Å². The number of rotatable bonds is 4. The van der Waals surface area contributed by atoms with Gasteiger partial charge in [-0.25, -0.2) is 4.79 Å². The van der Waals surface area contributed by atoms with Crippen molar-refractivity contribution in [2.24, 2.45) is 5.41 Å². The fourth-order valence-electron chi connectivity index (χ4n) is 3.59. The van der Waals surface area contributed by atoms with Crippen molar-refractivity contribution in [3.63, 3.8) is 0 Å². The Morgan fingerprint density at radius 3 is 2.09 bits per heavy atom. The van der Waals surface area contributed by atoms with Gasteiger partial charge < -0.3 is 15.4 Å². The molecule has 0 saturated heterocycles. The third-order valence-corrected chi connectivity index (χ3v) is 5.38. The quantitative estimate of drug-likeness (QED) is 0.699. The summed E-state index contributed by atoms with van der Waals surface area (Å²) in [4.78, 5) is 24.4. The van der Waals surface area contributed by atoms with Crippen molar-refractivity contribution < 1.29 is 14.3 Å². The molecule has 9 heteroatoms. The maximum absolute atomic E-state index is 12.3. The van der Waals surface area contributed by atoms with Crippen molar-refractivity contribution >= 4 is 17.7 Å². The topological polar surface area (TPSA) is 119 Å². The van der Waals surface area contributed by atoms with Crippen molar-refractivity contribution in [1.82, 2.24) is 25.7 Å². The summed E-state index contributed by atoms with van der Waals surface area (Å²) < 4.78 is 5.41. The predicted octanol–water partition coefficient (Wildman–Crippen LogP) is 4.47. The molecule has 33 heavy (non-hydrogen) atoms. The Hall–Kier alpha value is -3.10. The summed E-state index contributed by atoms with van der Waals surface area (Å²) in [5.41, 5.74) is 0.429. The molecule has 178 valence electrons. The smallest absolute Gasteiger partial charge is 0.407 e. The Morgan fingerprint density at radius 2 is 1.52 bits per heavy atom. The molecular weight excluding hydrogens is 420 g/mol. The SMILES string of the molecule is CC(C)(C)OC(=O)NC1CCCCC1c1nnc(-c2ccc(NC(=O)C(C)(C)C)cc2)nn1. The Bertz CT molecular complexity index is 962. The monoisotopic (exact) mass is 454 g/mol. The van der Waals surface area contributed by atoms with Gasteiger partial charge >= 0.3 is 6.09 Å². The van der Waals surface area contributed by atoms with Gasteiger partial charge in [0.25, 0.3) is 0 Å². The molecule has 0 spiro atoms. The molecule has 0 bridgehead atoms. The van der Waals surface area contributed by atoms with Gasteiger partial charge in [0, 0.05) is 28.6 Å². The third kappa shape index (κ3) is 6.94. The van der Waals surface area contributed by atoms with Crippen LogP contribution in [0.25, 0.3) is 11.4 Å². The summed E-state index contributed by atoms with van der Waals surface area (Å²) in [6.07, 6.45) is 3.30. The van der Waals surface area contributed by atoms with Crippen LogP contribution in [0.5, 0.6) is 0 Å². The molecule has 2 atom stereocenters. The van der Waals surface area contributed by atoms with E-state index in [9.17, 15) is 9.59 Å². The Labute approximate surface area is 195 Å². The fraction of sp³-hybridized carbons (Fsp3) is 0.583. The molecule has 1 aliphatic carbocycles. The number of carbonyl (C=O) groups excluding carboxylic acids is 2. The third-order valence-electron chi connectivity index (χ3n) is 5.38. The number of nitrogens with one attached hydrogen (secondary N) is 2. The standard InChI is InChI=1S/C24H34N6O3/c1-23(2,3)21(31)25-16-13-11-15(12-14-16)19-27-29-20(30-28-19)17-9-7-8-10-18(17)26-22(32)33-24(4,5)6/h11-14,17-18H,7-10H2,1-6H3,(H,25,31)(H,26,32). The van der Waals surface area contributed by atoms with Gasteiger partial charge in [0.2, 0.25) is 11.7 Å². The highest BCUT2D eigenvalue weighted by atomic mass is 16.6. The molecule has 9 nitrogen and oxygen atoms in total. The Balaban J connectivity index is 1.68. The van der Waals surface area contributed by atoms with Gasteiger partial charge in [-0.2, -0.15) is 0 Å². The van der Waals surface area contributed by atoms with E-state index in [1.165, 1.54) is 0 Å². The van der Waals surface area contributed by atoms with Gasteiger partial charge in [0.05, 0.1) is 0 Å². The highest BCUT2D eigenvalue weighted by molar-refractivity contribution is 5.94. The first kappa shape index (κ1) is 24.5. The maximum atomic E-state index is 12.3. The molecule has 0 radical (unpaired) electrons. The van der Waals surface area contributed by atoms with Crippen molar-refractivity contribution in [2.45, 2.75) is 84.8 Å². The second kappa shape index (κ2) is 9.80. The lowest BCUT2D eigenvalue weighted by Crippen LogP contribution is -2.44. The van der Waals surface area contributed by atoms with Crippen molar-refractivity contribution in [3.05, 3.63) is 30.1 Å². The zero-order chi connectivity index (χ0) is 24.2. The average molecular weight is 455 g/mol. The molecule has 2 unspecified atom stereocenters. The molecule has 2 N–H and O–H groups in total. The van der Waals surface area contributed by atoms with E-state index in [4.69, 9.17) is 4.74 Å². The number of alkyl carbamates (subject to hydrolysis) is 1. The molecule has 2 aromatic rings. The van der Waals surface area contributed by atoms with E-state index in [0.717, 1.165) is 31.2 Å². The number of aromatic nitrogens is 4. The van der Waals surface area contributed by atoms with Gasteiger partial charge in [0.15, 0.2) is 5.82 Å². The summed E-state index contributed by atoms with van der Waals surface area (Å²) >= 11 is 0. The minimum atomic E-state index is -0.555. The summed E-state index contributed by atoms with van der Waals surface area (Å²) in [6, 6.07) is 7.14. The fourth-order valence-corrected chi connectivity index (χ4v) is 3.59. The molecule has 1 fully saturated rings. The van der Waals surface area contributed by atoms with E-state index in [0.29, 0.717) is 17.3 Å². The zero-order valence-corrected chi connectivity index (χ0v) is 20.3. The van der Waals surface area contributed by atoms with E-state index < -0.39 is 17.1 Å². The summed E-state index contributed by atoms with van der Waals surface area (Å²) in [7, 11) is 0. The van der Waals surface area contributed by atoms with Gasteiger partial charge in [-0.05, 0) is 57.9 Å². The minimum Gasteiger partial charge on any atom is -0.444 e. The summed E-state index contributed by atoms with van der Waals surface area (Å²) in [5.74, 6) is 0.810. The second-order valence-electron chi connectivity index (χ2n) is 10.5. The van der Waals surface area contributed by atoms with Crippen molar-refractivity contribution in [1.29, 1.82) is 0 Å². The number of anilines is 1. The van der Waals surface area contributed by atoms with Crippen LogP contribution in [-0.2, 0) is 9.53 Å². The number of carbonyl (C=O) groups is 2. The lowest BCUT2D eigenvalue weighted by atomic mass is 9.84. The van der Waals surface area contributed by atoms with E-state index in [-0.39, 0.29) is 17.9 Å². The van der Waals surface area contributed by atoms with Crippen molar-refractivity contribution in [2.75, 3.05) is 5.32 Å². The predicted molar refractivity (Wildman–Crippen MR) is 126 cm³/mol. The summed E-state index contributed by atoms with van der Waals surface area (Å²) in [5, 5.41) is 23.1. The van der Waals surface area contributed by atoms with Gasteiger partial charge in [-0.15, -0.1) is 20.4 Å². The number of benzene rings is 1. The van der Waals surface area contributed by atoms with Crippen LogP contribution in [0, 0.1) is 5.41 Å². The number of nitrogens with zero attached hydrogens (tertiary/aromatic N) is 4. The lowest BCUT2D eigenvalue weighted by Gasteiger charge is -2.31. The molecule has 3 rings (SSSR count). The van der Waals surface area contributed by atoms with Crippen LogP contribution in [0.2, 0.25) is 0 Å². The second-order valence-corrected chi connectivity index (χ2v) is 10.5. The van der Waals surface area contributed by atoms with E-state index in [2.05, 4.69) is 31.0 Å². The van der Waals surface area contributed by atoms with Gasteiger partial charge in [-0.3, -0.25) is 4.79 Å². The van der Waals surface area contributed by atoms with Crippen LogP contribution in [0.3, 0.4) is 0 Å². The van der Waals surface area contributed by atoms with Crippen LogP contribution in [-0.4, -0.2) is 44.0 Å². The van der Waals surface area contributed by atoms with Crippen molar-refractivity contribution in [3.8, 4) is 11.4 Å². The molecular formula is C24H34N6O3. The largest absolute Gasteiger partial charge is 0.444 e. The maximum Gasteiger partial charge on any atom is 0.407 e. The normalized spacial score (nSPS) is 19.0. The lowest BCUT2D eigenvalue weighted by molar-refractivity contribution is -0.123. The van der Waals surface area contributed by atoms with E-state index >= 15 is 0 Å².